The van der Waals surface area contributed by atoms with Gasteiger partial charge in [0.05, 0.1) is 47.0 Å². The largest absolute Gasteiger partial charge is 0.385 e. The van der Waals surface area contributed by atoms with E-state index in [0.717, 1.165) is 59.4 Å². The highest BCUT2D eigenvalue weighted by atomic mass is 35.5. The van der Waals surface area contributed by atoms with E-state index in [1.807, 2.05) is 37.4 Å². The number of amides is 5. The molecule has 68 heavy (non-hydrogen) atoms. The standard InChI is InChI=1S/C49H54ClF2N11O5/c1-29-22-31(23-38(43(29)50)62-18-13-42(64)57-47(62)67)46(66)60-20-15-48(16-21-60)14-19-59(28-49(48,51)52)27-30-10-11-34(54-25-30)32-6-4-8-37-33(32)12-17-61(37)41-24-36(53-2)44-55-26-39(63(44)58-41)45(65)56-35-7-5-9-40(35)68-3/h4,6,8,10-11,22-26,35,40,53H,5,7,9,12-21,27-28H2,1-3H3,(H,56,65)(H,57,64,67)/t35-,40-/m1/s1. The summed E-state index contributed by atoms with van der Waals surface area (Å²) in [6, 6.07) is 14.5. The predicted octanol–water partition coefficient (Wildman–Crippen LogP) is 7.00. The number of aryl methyl sites for hydroxylation is 1. The summed E-state index contributed by atoms with van der Waals surface area (Å²) >= 11 is 6.56. The topological polar surface area (TPSA) is 170 Å². The Hall–Kier alpha value is -6.24. The Bertz CT molecular complexity index is 2820. The van der Waals surface area contributed by atoms with Crippen molar-refractivity contribution in [3.8, 4) is 11.3 Å². The van der Waals surface area contributed by atoms with Crippen LogP contribution in [0.25, 0.3) is 16.9 Å². The van der Waals surface area contributed by atoms with Crippen LogP contribution in [0.4, 0.5) is 36.5 Å². The summed E-state index contributed by atoms with van der Waals surface area (Å²) in [5, 5.41) is 13.9. The second-order valence-corrected chi connectivity index (χ2v) is 19.1. The number of nitrogens with zero attached hydrogens (tertiary/aromatic N) is 8. The van der Waals surface area contributed by atoms with Crippen molar-refractivity contribution < 1.29 is 32.7 Å². The number of pyridine rings is 1. The van der Waals surface area contributed by atoms with Gasteiger partial charge in [0.1, 0.15) is 0 Å². The molecule has 3 saturated heterocycles. The van der Waals surface area contributed by atoms with E-state index in [1.165, 1.54) is 4.90 Å². The lowest BCUT2D eigenvalue weighted by Crippen LogP contribution is -2.59. The smallest absolute Gasteiger partial charge is 0.328 e. The van der Waals surface area contributed by atoms with Crippen LogP contribution >= 0.6 is 11.6 Å². The van der Waals surface area contributed by atoms with E-state index in [-0.39, 0.29) is 75.3 Å². The third-order valence-corrected chi connectivity index (χ3v) is 15.3. The van der Waals surface area contributed by atoms with Gasteiger partial charge in [0.25, 0.3) is 17.7 Å². The number of aromatic nitrogens is 4. The first-order valence-corrected chi connectivity index (χ1v) is 23.7. The monoisotopic (exact) mass is 949 g/mol. The molecule has 2 aromatic carbocycles. The second kappa shape index (κ2) is 18.0. The minimum absolute atomic E-state index is 0.0248. The Kier molecular flexibility index (Phi) is 12.1. The van der Waals surface area contributed by atoms with Gasteiger partial charge in [-0.1, -0.05) is 29.8 Å². The molecule has 4 fully saturated rings. The SMILES string of the molecule is CNc1cc(N2CCc3c(-c4ccc(CN5CCC6(CCN(C(=O)c7cc(C)c(Cl)c(N8CCC(=O)NC8=O)c7)CC6)C(F)(F)C5)cn4)cccc32)nn2c(C(=O)N[C@@H]3CCC[C@H]3OC)cnc12. The number of hydrogen-bond donors (Lipinski definition) is 3. The van der Waals surface area contributed by atoms with Crippen molar-refractivity contribution in [2.24, 2.45) is 5.41 Å². The number of anilines is 4. The lowest BCUT2D eigenvalue weighted by molar-refractivity contribution is -0.186. The third kappa shape index (κ3) is 8.19. The number of nitrogens with one attached hydrogen (secondary N) is 3. The Morgan fingerprint density at radius 2 is 1.74 bits per heavy atom. The van der Waals surface area contributed by atoms with Crippen LogP contribution in [0.3, 0.4) is 0 Å². The molecule has 3 aromatic heterocycles. The van der Waals surface area contributed by atoms with Crippen molar-refractivity contribution in [1.82, 2.24) is 40.0 Å². The lowest BCUT2D eigenvalue weighted by Gasteiger charge is -2.51. The number of benzene rings is 2. The number of carbonyl (C=O) groups is 4. The molecule has 356 valence electrons. The third-order valence-electron chi connectivity index (χ3n) is 14.8. The maximum Gasteiger partial charge on any atom is 0.328 e. The van der Waals surface area contributed by atoms with E-state index < -0.39 is 17.4 Å². The van der Waals surface area contributed by atoms with Crippen molar-refractivity contribution in [2.75, 3.05) is 68.5 Å². The second-order valence-electron chi connectivity index (χ2n) is 18.7. The van der Waals surface area contributed by atoms with E-state index in [9.17, 15) is 19.2 Å². The fraction of sp³-hybridized carbons (Fsp3) is 0.449. The number of carbonyl (C=O) groups excluding carboxylic acids is 4. The minimum Gasteiger partial charge on any atom is -0.385 e. The highest BCUT2D eigenvalue weighted by Crippen LogP contribution is 2.51. The molecule has 1 saturated carbocycles. The normalized spacial score (nSPS) is 21.4. The lowest BCUT2D eigenvalue weighted by atomic mass is 9.68. The van der Waals surface area contributed by atoms with Crippen molar-refractivity contribution in [3.05, 3.63) is 93.9 Å². The van der Waals surface area contributed by atoms with Crippen LogP contribution in [0.15, 0.2) is 60.9 Å². The average Bonchev–Trinajstić information content (AvgIpc) is 4.10. The molecule has 3 N–H and O–H groups in total. The average molecular weight is 950 g/mol. The molecule has 19 heteroatoms. The van der Waals surface area contributed by atoms with Crippen LogP contribution in [0.1, 0.15) is 82.5 Å². The molecule has 16 nitrogen and oxygen atoms in total. The van der Waals surface area contributed by atoms with Gasteiger partial charge in [0.15, 0.2) is 17.2 Å². The zero-order valence-corrected chi connectivity index (χ0v) is 39.0. The van der Waals surface area contributed by atoms with Gasteiger partial charge in [-0.25, -0.2) is 23.1 Å². The first kappa shape index (κ1) is 45.5. The summed E-state index contributed by atoms with van der Waals surface area (Å²) in [6.07, 6.45) is 7.53. The van der Waals surface area contributed by atoms with Crippen LogP contribution in [0, 0.1) is 12.3 Å². The summed E-state index contributed by atoms with van der Waals surface area (Å²) in [7, 11) is 3.49. The van der Waals surface area contributed by atoms with E-state index in [4.69, 9.17) is 26.4 Å². The van der Waals surface area contributed by atoms with Gasteiger partial charge in [-0.2, -0.15) is 0 Å². The number of imidazole rings is 1. The molecule has 1 spiro atoms. The number of alkyl halides is 2. The molecule has 5 aromatic rings. The van der Waals surface area contributed by atoms with Gasteiger partial charge < -0.3 is 25.2 Å². The van der Waals surface area contributed by atoms with Gasteiger partial charge in [0.2, 0.25) is 5.91 Å². The number of fused-ring (bicyclic) bond motifs is 2. The van der Waals surface area contributed by atoms with Crippen molar-refractivity contribution in [2.45, 2.75) is 82.9 Å². The number of imide groups is 1. The van der Waals surface area contributed by atoms with Gasteiger partial charge in [-0.3, -0.25) is 34.5 Å². The summed E-state index contributed by atoms with van der Waals surface area (Å²) in [4.78, 5) is 68.0. The first-order valence-electron chi connectivity index (χ1n) is 23.3. The fourth-order valence-corrected chi connectivity index (χ4v) is 11.1. The Labute approximate surface area is 397 Å². The molecule has 1 aliphatic carbocycles. The van der Waals surface area contributed by atoms with Crippen LogP contribution in [-0.2, 0) is 22.5 Å². The number of halogens is 3. The summed E-state index contributed by atoms with van der Waals surface area (Å²) < 4.78 is 39.8. The van der Waals surface area contributed by atoms with E-state index in [2.05, 4.69) is 31.9 Å². The van der Waals surface area contributed by atoms with Gasteiger partial charge in [0, 0.05) is 87.8 Å². The number of hydrogen-bond acceptors (Lipinski definition) is 11. The maximum absolute atomic E-state index is 16.3. The number of likely N-dealkylation sites (tertiary alicyclic amines) is 2. The Morgan fingerprint density at radius 1 is 0.941 bits per heavy atom. The molecule has 0 bridgehead atoms. The zero-order chi connectivity index (χ0) is 47.5. The highest BCUT2D eigenvalue weighted by molar-refractivity contribution is 6.35. The predicted molar refractivity (Wildman–Crippen MR) is 253 cm³/mol. The first-order chi connectivity index (χ1) is 32.8. The van der Waals surface area contributed by atoms with Crippen LogP contribution in [0.2, 0.25) is 5.02 Å². The molecular formula is C49H54ClF2N11O5. The van der Waals surface area contributed by atoms with E-state index in [1.54, 1.807) is 52.9 Å². The van der Waals surface area contributed by atoms with E-state index >= 15 is 8.78 Å². The highest BCUT2D eigenvalue weighted by Gasteiger charge is 2.57. The number of methoxy groups -OCH3 is 1. The molecule has 5 aliphatic rings. The minimum atomic E-state index is -2.98. The van der Waals surface area contributed by atoms with Crippen LogP contribution in [0.5, 0.6) is 0 Å². The zero-order valence-electron chi connectivity index (χ0n) is 38.3. The quantitative estimate of drug-likeness (QED) is 0.132. The summed E-state index contributed by atoms with van der Waals surface area (Å²) in [5.74, 6) is -3.26. The van der Waals surface area contributed by atoms with E-state index in [0.29, 0.717) is 65.1 Å². The van der Waals surface area contributed by atoms with Gasteiger partial charge >= 0.3 is 6.03 Å². The molecular weight excluding hydrogens is 896 g/mol. The fourth-order valence-electron chi connectivity index (χ4n) is 10.9. The maximum atomic E-state index is 16.3. The summed E-state index contributed by atoms with van der Waals surface area (Å²) in [5.41, 5.74) is 6.32. The Balaban J connectivity index is 0.786. The van der Waals surface area contributed by atoms with Crippen molar-refractivity contribution >= 4 is 63.9 Å². The number of urea groups is 1. The van der Waals surface area contributed by atoms with Crippen LogP contribution < -0.4 is 25.8 Å². The van der Waals surface area contributed by atoms with Crippen molar-refractivity contribution in [3.63, 3.8) is 0 Å². The van der Waals surface area contributed by atoms with Crippen molar-refractivity contribution in [1.29, 1.82) is 0 Å². The number of rotatable bonds is 10. The number of piperidine rings is 2. The molecule has 10 rings (SSSR count). The molecule has 2 atom stereocenters. The molecule has 0 radical (unpaired) electrons. The summed E-state index contributed by atoms with van der Waals surface area (Å²) in [6.45, 7) is 3.31. The molecule has 4 aliphatic heterocycles. The number of ether oxygens (including phenoxy) is 1. The molecule has 5 amide bonds. The van der Waals surface area contributed by atoms with Crippen LogP contribution in [-0.4, -0.2) is 125 Å². The molecule has 0 unspecified atom stereocenters. The Morgan fingerprint density at radius 3 is 2.47 bits per heavy atom. The van der Waals surface area contributed by atoms with Gasteiger partial charge in [-0.05, 0) is 99.4 Å². The van der Waals surface area contributed by atoms with Gasteiger partial charge in [-0.15, -0.1) is 5.10 Å². The molecule has 7 heterocycles.